The molecule has 0 aliphatic carbocycles. The summed E-state index contributed by atoms with van der Waals surface area (Å²) in [6.45, 7) is 6.25. The molecule has 0 aliphatic rings. The van der Waals surface area contributed by atoms with Crippen LogP contribution in [0.4, 0.5) is 0 Å². The van der Waals surface area contributed by atoms with Gasteiger partial charge in [0.25, 0.3) is 0 Å². The van der Waals surface area contributed by atoms with Gasteiger partial charge in [-0.15, -0.1) is 0 Å². The number of carboxylic acid groups (broad SMARTS) is 1. The molecule has 0 saturated heterocycles. The molecule has 1 atom stereocenters. The van der Waals surface area contributed by atoms with Crippen molar-refractivity contribution in [2.45, 2.75) is 162 Å². The van der Waals surface area contributed by atoms with Gasteiger partial charge in [-0.3, -0.25) is 0 Å². The van der Waals surface area contributed by atoms with Crippen LogP contribution in [0.15, 0.2) is 11.6 Å². The van der Waals surface area contributed by atoms with Crippen LogP contribution in [-0.4, -0.2) is 11.1 Å². The van der Waals surface area contributed by atoms with Crippen LogP contribution in [0.2, 0.25) is 0 Å². The predicted molar refractivity (Wildman–Crippen MR) is 138 cm³/mol. The van der Waals surface area contributed by atoms with Gasteiger partial charge >= 0.3 is 5.97 Å². The van der Waals surface area contributed by atoms with Gasteiger partial charge in [0.2, 0.25) is 0 Å². The molecule has 2 nitrogen and oxygen atoms in total. The molecular formula is C29H56O2. The van der Waals surface area contributed by atoms with E-state index in [1.165, 1.54) is 128 Å². The molecule has 0 aliphatic heterocycles. The van der Waals surface area contributed by atoms with Crippen molar-refractivity contribution >= 4 is 5.97 Å². The van der Waals surface area contributed by atoms with Crippen molar-refractivity contribution in [1.29, 1.82) is 0 Å². The maximum atomic E-state index is 11.1. The lowest BCUT2D eigenvalue weighted by Gasteiger charge is -2.13. The van der Waals surface area contributed by atoms with E-state index in [0.717, 1.165) is 12.8 Å². The molecular weight excluding hydrogens is 380 g/mol. The number of aliphatic carboxylic acids is 1. The molecule has 0 radical (unpaired) electrons. The third-order valence-corrected chi connectivity index (χ3v) is 6.68. The monoisotopic (exact) mass is 436 g/mol. The van der Waals surface area contributed by atoms with Gasteiger partial charge in [0, 0.05) is 5.57 Å². The molecule has 0 amide bonds. The number of allylic oxidation sites excluding steroid dienone is 1. The van der Waals surface area contributed by atoms with Crippen molar-refractivity contribution in [2.75, 3.05) is 0 Å². The Morgan fingerprint density at radius 3 is 1.23 bits per heavy atom. The lowest BCUT2D eigenvalue weighted by Crippen LogP contribution is -2.03. The van der Waals surface area contributed by atoms with Crippen molar-refractivity contribution < 1.29 is 9.90 Å². The van der Waals surface area contributed by atoms with E-state index in [2.05, 4.69) is 13.8 Å². The summed E-state index contributed by atoms with van der Waals surface area (Å²) in [4.78, 5) is 11.1. The molecule has 0 saturated carbocycles. The number of carboxylic acids is 1. The normalized spacial score (nSPS) is 12.9. The van der Waals surface area contributed by atoms with Gasteiger partial charge < -0.3 is 5.11 Å². The Morgan fingerprint density at radius 1 is 0.581 bits per heavy atom. The molecule has 1 N–H and O–H groups in total. The Morgan fingerprint density at radius 2 is 0.871 bits per heavy atom. The maximum Gasteiger partial charge on any atom is 0.330 e. The fourth-order valence-corrected chi connectivity index (χ4v) is 4.52. The summed E-state index contributed by atoms with van der Waals surface area (Å²) in [5, 5.41) is 9.15. The first kappa shape index (κ1) is 30.2. The fraction of sp³-hybridized carbons (Fsp3) is 0.897. The van der Waals surface area contributed by atoms with Crippen LogP contribution < -0.4 is 0 Å². The smallest absolute Gasteiger partial charge is 0.330 e. The topological polar surface area (TPSA) is 37.3 Å². The predicted octanol–water partition coefficient (Wildman–Crippen LogP) is 10.3. The first-order valence-electron chi connectivity index (χ1n) is 14.0. The summed E-state index contributed by atoms with van der Waals surface area (Å²) in [7, 11) is 0. The Hall–Kier alpha value is -0.790. The first-order chi connectivity index (χ1) is 15.1. The summed E-state index contributed by atoms with van der Waals surface area (Å²) in [6, 6.07) is 0. The van der Waals surface area contributed by atoms with Gasteiger partial charge in [-0.25, -0.2) is 4.79 Å². The van der Waals surface area contributed by atoms with Crippen LogP contribution in [0.3, 0.4) is 0 Å². The second kappa shape index (κ2) is 23.9. The Kier molecular flexibility index (Phi) is 23.3. The number of unbranched alkanes of at least 4 members (excludes halogenated alkanes) is 18. The second-order valence-electron chi connectivity index (χ2n) is 9.86. The van der Waals surface area contributed by atoms with Gasteiger partial charge in [0.15, 0.2) is 0 Å². The fourth-order valence-electron chi connectivity index (χ4n) is 4.52. The van der Waals surface area contributed by atoms with E-state index in [-0.39, 0.29) is 0 Å². The van der Waals surface area contributed by atoms with Crippen LogP contribution >= 0.6 is 0 Å². The number of rotatable bonds is 24. The molecule has 0 spiro atoms. The van der Waals surface area contributed by atoms with Crippen molar-refractivity contribution in [2.24, 2.45) is 5.92 Å². The van der Waals surface area contributed by atoms with Crippen LogP contribution in [-0.2, 0) is 4.79 Å². The van der Waals surface area contributed by atoms with Crippen molar-refractivity contribution in [1.82, 2.24) is 0 Å². The van der Waals surface area contributed by atoms with E-state index >= 15 is 0 Å². The highest BCUT2D eigenvalue weighted by Gasteiger charge is 2.09. The highest BCUT2D eigenvalue weighted by atomic mass is 16.4. The van der Waals surface area contributed by atoms with Crippen LogP contribution in [0.25, 0.3) is 0 Å². The Bertz CT molecular complexity index is 413. The van der Waals surface area contributed by atoms with Crippen molar-refractivity contribution in [3.05, 3.63) is 11.6 Å². The quantitative estimate of drug-likeness (QED) is 0.121. The highest BCUT2D eigenvalue weighted by Crippen LogP contribution is 2.21. The van der Waals surface area contributed by atoms with Crippen LogP contribution in [0.1, 0.15) is 162 Å². The SMILES string of the molecule is CCCCCCCCCCCCCCCCCCCC(C=C(C)C(=O)O)CCCCC. The molecule has 1 unspecified atom stereocenters. The molecule has 0 rings (SSSR count). The van der Waals surface area contributed by atoms with Crippen LogP contribution in [0, 0.1) is 5.92 Å². The second-order valence-corrected chi connectivity index (χ2v) is 9.86. The zero-order valence-corrected chi connectivity index (χ0v) is 21.6. The molecule has 31 heavy (non-hydrogen) atoms. The molecule has 0 bridgehead atoms. The average Bonchev–Trinajstić information content (AvgIpc) is 2.75. The van der Waals surface area contributed by atoms with Gasteiger partial charge in [0.1, 0.15) is 0 Å². The van der Waals surface area contributed by atoms with E-state index in [1.54, 1.807) is 6.92 Å². The molecule has 0 fully saturated rings. The van der Waals surface area contributed by atoms with Gasteiger partial charge in [-0.2, -0.15) is 0 Å². The number of carbonyl (C=O) groups is 1. The third-order valence-electron chi connectivity index (χ3n) is 6.68. The lowest BCUT2D eigenvalue weighted by molar-refractivity contribution is -0.132. The van der Waals surface area contributed by atoms with Gasteiger partial charge in [0.05, 0.1) is 0 Å². The zero-order valence-electron chi connectivity index (χ0n) is 21.6. The summed E-state index contributed by atoms with van der Waals surface area (Å²) in [5.74, 6) is -0.304. The molecule has 0 aromatic rings. The maximum absolute atomic E-state index is 11.1. The molecule has 0 heterocycles. The largest absolute Gasteiger partial charge is 0.478 e. The van der Waals surface area contributed by atoms with Gasteiger partial charge in [-0.1, -0.05) is 148 Å². The van der Waals surface area contributed by atoms with E-state index in [9.17, 15) is 4.79 Å². The van der Waals surface area contributed by atoms with E-state index in [1.807, 2.05) is 6.08 Å². The van der Waals surface area contributed by atoms with Gasteiger partial charge in [-0.05, 0) is 25.7 Å². The third kappa shape index (κ3) is 22.2. The standard InChI is InChI=1S/C29H56O2/c1-4-6-8-9-10-11-12-13-14-15-16-17-18-19-20-21-23-25-28(24-22-7-5-2)26-27(3)29(30)31/h26,28H,4-25H2,1-3H3,(H,30,31). The summed E-state index contributed by atoms with van der Waals surface area (Å²) in [5.41, 5.74) is 0.522. The molecule has 0 aromatic carbocycles. The lowest BCUT2D eigenvalue weighted by atomic mass is 9.92. The molecule has 2 heteroatoms. The first-order valence-corrected chi connectivity index (χ1v) is 14.0. The number of hydrogen-bond donors (Lipinski definition) is 1. The van der Waals surface area contributed by atoms with E-state index < -0.39 is 5.97 Å². The van der Waals surface area contributed by atoms with E-state index in [4.69, 9.17) is 5.11 Å². The summed E-state index contributed by atoms with van der Waals surface area (Å²) >= 11 is 0. The Balaban J connectivity index is 3.53. The minimum absolute atomic E-state index is 0.457. The minimum Gasteiger partial charge on any atom is -0.478 e. The summed E-state index contributed by atoms with van der Waals surface area (Å²) in [6.07, 6.45) is 31.9. The molecule has 184 valence electrons. The summed E-state index contributed by atoms with van der Waals surface area (Å²) < 4.78 is 0. The zero-order chi connectivity index (χ0) is 23.0. The molecule has 0 aromatic heterocycles. The number of hydrogen-bond acceptors (Lipinski definition) is 1. The minimum atomic E-state index is -0.761. The van der Waals surface area contributed by atoms with Crippen molar-refractivity contribution in [3.63, 3.8) is 0 Å². The van der Waals surface area contributed by atoms with Crippen molar-refractivity contribution in [3.8, 4) is 0 Å². The average molecular weight is 437 g/mol. The highest BCUT2D eigenvalue weighted by molar-refractivity contribution is 5.85. The Labute approximate surface area is 195 Å². The van der Waals surface area contributed by atoms with E-state index in [0.29, 0.717) is 11.5 Å². The van der Waals surface area contributed by atoms with Crippen LogP contribution in [0.5, 0.6) is 0 Å².